The molecule has 23 heavy (non-hydrogen) atoms. The summed E-state index contributed by atoms with van der Waals surface area (Å²) in [6, 6.07) is 4.12. The third-order valence-electron chi connectivity index (χ3n) is 4.23. The summed E-state index contributed by atoms with van der Waals surface area (Å²) in [7, 11) is 0. The first-order chi connectivity index (χ1) is 11.2. The molecule has 2 aromatic rings. The van der Waals surface area contributed by atoms with Gasteiger partial charge in [-0.05, 0) is 32.4 Å². The highest BCUT2D eigenvalue weighted by molar-refractivity contribution is 5.89. The van der Waals surface area contributed by atoms with Crippen molar-refractivity contribution in [3.63, 3.8) is 0 Å². The molecule has 1 aliphatic rings. The van der Waals surface area contributed by atoms with E-state index < -0.39 is 0 Å². The predicted octanol–water partition coefficient (Wildman–Crippen LogP) is 2.06. The number of aromatic nitrogens is 3. The minimum Gasteiger partial charge on any atom is -0.360 e. The van der Waals surface area contributed by atoms with Gasteiger partial charge in [-0.1, -0.05) is 11.6 Å². The first-order valence-electron chi connectivity index (χ1n) is 8.15. The molecule has 1 saturated heterocycles. The molecule has 0 saturated carbocycles. The molecule has 0 spiro atoms. The number of likely N-dealkylation sites (tertiary alicyclic amines) is 1. The van der Waals surface area contributed by atoms with Gasteiger partial charge in [-0.2, -0.15) is 5.10 Å². The molecular formula is C16H23N5O2. The lowest BCUT2D eigenvalue weighted by Gasteiger charge is -2.35. The molecule has 0 bridgehead atoms. The van der Waals surface area contributed by atoms with Crippen molar-refractivity contribution in [1.29, 1.82) is 0 Å². The number of rotatable bonds is 6. The number of hydrogen-bond acceptors (Lipinski definition) is 5. The van der Waals surface area contributed by atoms with Crippen molar-refractivity contribution in [1.82, 2.24) is 19.8 Å². The summed E-state index contributed by atoms with van der Waals surface area (Å²) in [4.78, 5) is 14.5. The number of nitrogens with zero attached hydrogens (tertiary/aromatic N) is 4. The van der Waals surface area contributed by atoms with Crippen molar-refractivity contribution in [2.24, 2.45) is 0 Å². The second kappa shape index (κ2) is 7.41. The van der Waals surface area contributed by atoms with Crippen LogP contribution in [0.2, 0.25) is 0 Å². The lowest BCUT2D eigenvalue weighted by molar-refractivity contribution is -0.116. The van der Waals surface area contributed by atoms with Gasteiger partial charge in [0.2, 0.25) is 5.91 Å². The largest absolute Gasteiger partial charge is 0.360 e. The van der Waals surface area contributed by atoms with E-state index in [0.717, 1.165) is 26.1 Å². The Bertz CT molecular complexity index is 622. The molecule has 0 radical (unpaired) electrons. The van der Waals surface area contributed by atoms with E-state index in [9.17, 15) is 4.79 Å². The number of carbonyl (C=O) groups is 1. The third kappa shape index (κ3) is 4.41. The summed E-state index contributed by atoms with van der Waals surface area (Å²) < 4.78 is 6.92. The van der Waals surface area contributed by atoms with Crippen LogP contribution in [0.5, 0.6) is 0 Å². The maximum atomic E-state index is 12.1. The van der Waals surface area contributed by atoms with Crippen LogP contribution in [-0.4, -0.2) is 44.9 Å². The van der Waals surface area contributed by atoms with Crippen LogP contribution < -0.4 is 5.32 Å². The summed E-state index contributed by atoms with van der Waals surface area (Å²) in [5.74, 6) is 1.15. The van der Waals surface area contributed by atoms with Crippen molar-refractivity contribution >= 4 is 11.7 Å². The van der Waals surface area contributed by atoms with Gasteiger partial charge in [0, 0.05) is 37.5 Å². The minimum atomic E-state index is -0.0262. The topological polar surface area (TPSA) is 76.2 Å². The van der Waals surface area contributed by atoms with Crippen LogP contribution in [0.1, 0.15) is 31.4 Å². The SMILES string of the molecule is Cc1cc(NC(=O)CCN2CCCC[C@H]2Cn2cccn2)no1. The van der Waals surface area contributed by atoms with Crippen LogP contribution in [-0.2, 0) is 11.3 Å². The van der Waals surface area contributed by atoms with Gasteiger partial charge in [0.25, 0.3) is 0 Å². The maximum Gasteiger partial charge on any atom is 0.226 e. The van der Waals surface area contributed by atoms with Crippen molar-refractivity contribution in [2.75, 3.05) is 18.4 Å². The highest BCUT2D eigenvalue weighted by Crippen LogP contribution is 2.19. The van der Waals surface area contributed by atoms with E-state index in [2.05, 4.69) is 20.5 Å². The zero-order chi connectivity index (χ0) is 16.1. The summed E-state index contributed by atoms with van der Waals surface area (Å²) in [5.41, 5.74) is 0. The number of piperidine rings is 1. The number of hydrogen-bond donors (Lipinski definition) is 1. The molecule has 0 unspecified atom stereocenters. The molecule has 7 heteroatoms. The normalized spacial score (nSPS) is 18.9. The number of carbonyl (C=O) groups excluding carboxylic acids is 1. The van der Waals surface area contributed by atoms with Gasteiger partial charge in [0.05, 0.1) is 6.54 Å². The summed E-state index contributed by atoms with van der Waals surface area (Å²) >= 11 is 0. The molecular weight excluding hydrogens is 294 g/mol. The third-order valence-corrected chi connectivity index (χ3v) is 4.23. The first kappa shape index (κ1) is 15.7. The van der Waals surface area contributed by atoms with Crippen LogP contribution in [0, 0.1) is 6.92 Å². The first-order valence-corrected chi connectivity index (χ1v) is 8.15. The molecule has 0 aromatic carbocycles. The van der Waals surface area contributed by atoms with Crippen molar-refractivity contribution in [2.45, 2.75) is 45.2 Å². The Morgan fingerprint density at radius 2 is 2.39 bits per heavy atom. The molecule has 1 aliphatic heterocycles. The zero-order valence-corrected chi connectivity index (χ0v) is 13.4. The van der Waals surface area contributed by atoms with E-state index >= 15 is 0 Å². The van der Waals surface area contributed by atoms with E-state index in [0.29, 0.717) is 24.0 Å². The smallest absolute Gasteiger partial charge is 0.226 e. The molecule has 2 aromatic heterocycles. The predicted molar refractivity (Wildman–Crippen MR) is 85.9 cm³/mol. The summed E-state index contributed by atoms with van der Waals surface area (Å²) in [6.07, 6.45) is 7.85. The van der Waals surface area contributed by atoms with Crippen molar-refractivity contribution in [3.05, 3.63) is 30.3 Å². The summed E-state index contributed by atoms with van der Waals surface area (Å²) in [5, 5.41) is 10.8. The fourth-order valence-electron chi connectivity index (χ4n) is 3.06. The molecule has 1 atom stereocenters. The Hall–Kier alpha value is -2.15. The van der Waals surface area contributed by atoms with E-state index in [-0.39, 0.29) is 5.91 Å². The molecule has 3 rings (SSSR count). The number of amides is 1. The molecule has 1 amide bonds. The second-order valence-electron chi connectivity index (χ2n) is 6.03. The number of nitrogens with one attached hydrogen (secondary N) is 1. The summed E-state index contributed by atoms with van der Waals surface area (Å²) in [6.45, 7) is 4.49. The van der Waals surface area contributed by atoms with Crippen molar-refractivity contribution < 1.29 is 9.32 Å². The van der Waals surface area contributed by atoms with Gasteiger partial charge < -0.3 is 9.84 Å². The lowest BCUT2D eigenvalue weighted by Crippen LogP contribution is -2.43. The van der Waals surface area contributed by atoms with E-state index in [1.807, 2.05) is 16.9 Å². The van der Waals surface area contributed by atoms with Gasteiger partial charge in [-0.3, -0.25) is 14.4 Å². The maximum absolute atomic E-state index is 12.1. The van der Waals surface area contributed by atoms with Crippen LogP contribution in [0.4, 0.5) is 5.82 Å². The van der Waals surface area contributed by atoms with E-state index in [1.165, 1.54) is 12.8 Å². The Kier molecular flexibility index (Phi) is 5.07. The quantitative estimate of drug-likeness (QED) is 0.882. The molecule has 1 fully saturated rings. The Labute approximate surface area is 135 Å². The van der Waals surface area contributed by atoms with Gasteiger partial charge in [0.1, 0.15) is 5.76 Å². The number of anilines is 1. The zero-order valence-electron chi connectivity index (χ0n) is 13.4. The van der Waals surface area contributed by atoms with Gasteiger partial charge in [-0.25, -0.2) is 0 Å². The van der Waals surface area contributed by atoms with Gasteiger partial charge in [0.15, 0.2) is 5.82 Å². The second-order valence-corrected chi connectivity index (χ2v) is 6.03. The fourth-order valence-corrected chi connectivity index (χ4v) is 3.06. The van der Waals surface area contributed by atoms with Crippen LogP contribution in [0.3, 0.4) is 0 Å². The van der Waals surface area contributed by atoms with E-state index in [1.54, 1.807) is 19.2 Å². The lowest BCUT2D eigenvalue weighted by atomic mass is 10.0. The molecule has 1 N–H and O–H groups in total. The van der Waals surface area contributed by atoms with E-state index in [4.69, 9.17) is 4.52 Å². The van der Waals surface area contributed by atoms with Crippen molar-refractivity contribution in [3.8, 4) is 0 Å². The highest BCUT2D eigenvalue weighted by Gasteiger charge is 2.23. The monoisotopic (exact) mass is 317 g/mol. The van der Waals surface area contributed by atoms with Crippen LogP contribution in [0.15, 0.2) is 29.0 Å². The van der Waals surface area contributed by atoms with Gasteiger partial charge >= 0.3 is 0 Å². The molecule has 0 aliphatic carbocycles. The Morgan fingerprint density at radius 3 is 3.13 bits per heavy atom. The fraction of sp³-hybridized carbons (Fsp3) is 0.562. The minimum absolute atomic E-state index is 0.0262. The average molecular weight is 317 g/mol. The highest BCUT2D eigenvalue weighted by atomic mass is 16.5. The Morgan fingerprint density at radius 1 is 1.48 bits per heavy atom. The standard InChI is InChI=1S/C16H23N5O2/c1-13-11-15(19-23-13)18-16(22)6-10-20-8-3-2-5-14(20)12-21-9-4-7-17-21/h4,7,9,11,14H,2-3,5-6,8,10,12H2,1H3,(H,18,19,22)/t14-/m0/s1. The molecule has 3 heterocycles. The van der Waals surface area contributed by atoms with Crippen LogP contribution in [0.25, 0.3) is 0 Å². The van der Waals surface area contributed by atoms with Gasteiger partial charge in [-0.15, -0.1) is 0 Å². The molecule has 124 valence electrons. The molecule has 7 nitrogen and oxygen atoms in total. The average Bonchev–Trinajstić information content (AvgIpc) is 3.18. The number of aryl methyl sites for hydroxylation is 1. The van der Waals surface area contributed by atoms with Crippen LogP contribution >= 0.6 is 0 Å². The Balaban J connectivity index is 1.49.